The second-order valence-electron chi connectivity index (χ2n) is 5.49. The van der Waals surface area contributed by atoms with E-state index in [2.05, 4.69) is 10.6 Å². The Morgan fingerprint density at radius 1 is 1.36 bits per heavy atom. The van der Waals surface area contributed by atoms with Crippen molar-refractivity contribution in [2.24, 2.45) is 11.1 Å². The summed E-state index contributed by atoms with van der Waals surface area (Å²) in [5.41, 5.74) is 2.13. The maximum Gasteiger partial charge on any atom is 0.238 e. The van der Waals surface area contributed by atoms with Gasteiger partial charge < -0.3 is 10.6 Å². The van der Waals surface area contributed by atoms with Crippen LogP contribution in [0.1, 0.15) is 24.0 Å². The maximum absolute atomic E-state index is 12.3. The quantitative estimate of drug-likeness (QED) is 0.767. The van der Waals surface area contributed by atoms with Crippen molar-refractivity contribution in [1.82, 2.24) is 5.32 Å². The summed E-state index contributed by atoms with van der Waals surface area (Å²) in [6.07, 6.45) is 1.80. The molecule has 0 saturated carbocycles. The van der Waals surface area contributed by atoms with Crippen LogP contribution in [-0.2, 0) is 14.8 Å². The summed E-state index contributed by atoms with van der Waals surface area (Å²) in [5, 5.41) is 11.2. The number of halogens is 1. The first-order valence-electron chi connectivity index (χ1n) is 6.94. The number of carbonyl (C=O) groups excluding carboxylic acids is 1. The van der Waals surface area contributed by atoms with Gasteiger partial charge >= 0.3 is 0 Å². The van der Waals surface area contributed by atoms with Gasteiger partial charge in [0.2, 0.25) is 15.9 Å². The zero-order chi connectivity index (χ0) is 15.6. The summed E-state index contributed by atoms with van der Waals surface area (Å²) in [5.74, 6) is -0.173. The summed E-state index contributed by atoms with van der Waals surface area (Å²) >= 11 is 0. The van der Waals surface area contributed by atoms with Crippen molar-refractivity contribution in [3.8, 4) is 0 Å². The fraction of sp³-hybridized carbons (Fsp3) is 0.500. The number of carbonyl (C=O) groups is 1. The van der Waals surface area contributed by atoms with Gasteiger partial charge in [0.05, 0.1) is 10.8 Å². The number of primary sulfonamides is 1. The Bertz CT molecular complexity index is 656. The van der Waals surface area contributed by atoms with Gasteiger partial charge in [-0.15, -0.1) is 12.4 Å². The van der Waals surface area contributed by atoms with E-state index in [-0.39, 0.29) is 29.1 Å². The molecule has 124 valence electrons. The average molecular weight is 348 g/mol. The molecule has 0 aliphatic carbocycles. The van der Waals surface area contributed by atoms with Gasteiger partial charge in [-0.05, 0) is 56.5 Å². The lowest BCUT2D eigenvalue weighted by Crippen LogP contribution is -2.37. The van der Waals surface area contributed by atoms with Gasteiger partial charge in [-0.25, -0.2) is 13.6 Å². The first-order chi connectivity index (χ1) is 9.79. The van der Waals surface area contributed by atoms with Crippen LogP contribution in [0.4, 0.5) is 5.69 Å². The molecule has 1 amide bonds. The molecule has 4 N–H and O–H groups in total. The molecule has 0 aromatic heterocycles. The largest absolute Gasteiger partial charge is 0.326 e. The minimum atomic E-state index is -3.79. The lowest BCUT2D eigenvalue weighted by atomic mass is 9.98. The number of nitrogens with one attached hydrogen (secondary N) is 2. The highest BCUT2D eigenvalue weighted by Gasteiger charge is 2.22. The van der Waals surface area contributed by atoms with E-state index in [9.17, 15) is 13.2 Å². The van der Waals surface area contributed by atoms with Crippen LogP contribution in [0.3, 0.4) is 0 Å². The van der Waals surface area contributed by atoms with Gasteiger partial charge in [0, 0.05) is 12.2 Å². The highest BCUT2D eigenvalue weighted by molar-refractivity contribution is 7.89. The molecule has 0 spiro atoms. The number of nitrogens with two attached hydrogens (primary N) is 1. The summed E-state index contributed by atoms with van der Waals surface area (Å²) in [6, 6.07) is 2.94. The number of rotatable bonds is 3. The molecule has 1 unspecified atom stereocenters. The Kier molecular flexibility index (Phi) is 6.37. The molecule has 8 heteroatoms. The molecule has 1 aliphatic rings. The van der Waals surface area contributed by atoms with Crippen LogP contribution in [0.2, 0.25) is 0 Å². The first kappa shape index (κ1) is 18.9. The normalized spacial score (nSPS) is 18.4. The summed E-state index contributed by atoms with van der Waals surface area (Å²) in [4.78, 5) is 12.3. The van der Waals surface area contributed by atoms with Gasteiger partial charge in [0.15, 0.2) is 0 Å². The smallest absolute Gasteiger partial charge is 0.238 e. The van der Waals surface area contributed by atoms with Crippen molar-refractivity contribution in [2.45, 2.75) is 31.6 Å². The summed E-state index contributed by atoms with van der Waals surface area (Å²) < 4.78 is 23.0. The molecule has 1 aromatic rings. The molecule has 1 saturated heterocycles. The van der Waals surface area contributed by atoms with Crippen molar-refractivity contribution >= 4 is 34.0 Å². The van der Waals surface area contributed by atoms with E-state index in [1.54, 1.807) is 6.92 Å². The van der Waals surface area contributed by atoms with Crippen LogP contribution in [0.15, 0.2) is 17.0 Å². The highest BCUT2D eigenvalue weighted by Crippen LogP contribution is 2.24. The Labute approximate surface area is 137 Å². The Morgan fingerprint density at radius 2 is 2.05 bits per heavy atom. The Hall–Kier alpha value is -1.15. The Morgan fingerprint density at radius 3 is 2.59 bits per heavy atom. The zero-order valence-corrected chi connectivity index (χ0v) is 14.3. The van der Waals surface area contributed by atoms with Crippen molar-refractivity contribution < 1.29 is 13.2 Å². The van der Waals surface area contributed by atoms with Gasteiger partial charge in [0.1, 0.15) is 0 Å². The third-order valence-electron chi connectivity index (χ3n) is 3.89. The monoisotopic (exact) mass is 347 g/mol. The van der Waals surface area contributed by atoms with Gasteiger partial charge in [0.25, 0.3) is 0 Å². The van der Waals surface area contributed by atoms with Crippen LogP contribution in [0, 0.1) is 19.8 Å². The lowest BCUT2D eigenvalue weighted by Gasteiger charge is -2.22. The molecule has 1 fully saturated rings. The predicted octanol–water partition coefficient (Wildman–Crippen LogP) is 1.31. The van der Waals surface area contributed by atoms with Crippen LogP contribution >= 0.6 is 12.4 Å². The molecule has 1 atom stereocenters. The van der Waals surface area contributed by atoms with Crippen molar-refractivity contribution in [1.29, 1.82) is 0 Å². The third kappa shape index (κ3) is 4.42. The van der Waals surface area contributed by atoms with Crippen LogP contribution in [-0.4, -0.2) is 27.4 Å². The minimum absolute atomic E-state index is 0. The molecular formula is C14H22ClN3O3S. The van der Waals surface area contributed by atoms with E-state index in [1.165, 1.54) is 12.1 Å². The second-order valence-corrected chi connectivity index (χ2v) is 7.05. The molecule has 6 nitrogen and oxygen atoms in total. The van der Waals surface area contributed by atoms with E-state index >= 15 is 0 Å². The molecule has 0 radical (unpaired) electrons. The number of benzene rings is 1. The van der Waals surface area contributed by atoms with Gasteiger partial charge in [-0.3, -0.25) is 4.79 Å². The minimum Gasteiger partial charge on any atom is -0.326 e. The number of anilines is 1. The third-order valence-corrected chi connectivity index (χ3v) is 4.79. The van der Waals surface area contributed by atoms with Crippen LogP contribution in [0.5, 0.6) is 0 Å². The van der Waals surface area contributed by atoms with Gasteiger partial charge in [-0.1, -0.05) is 0 Å². The molecule has 1 aliphatic heterocycles. The number of hydrogen-bond acceptors (Lipinski definition) is 4. The van der Waals surface area contributed by atoms with E-state index in [1.807, 2.05) is 6.92 Å². The molecule has 0 bridgehead atoms. The summed E-state index contributed by atoms with van der Waals surface area (Å²) in [7, 11) is -3.79. The highest BCUT2D eigenvalue weighted by atomic mass is 35.5. The van der Waals surface area contributed by atoms with E-state index < -0.39 is 10.0 Å². The van der Waals surface area contributed by atoms with Gasteiger partial charge in [-0.2, -0.15) is 0 Å². The number of hydrogen-bond donors (Lipinski definition) is 3. The predicted molar refractivity (Wildman–Crippen MR) is 88.8 cm³/mol. The van der Waals surface area contributed by atoms with Crippen molar-refractivity contribution in [2.75, 3.05) is 18.4 Å². The zero-order valence-electron chi connectivity index (χ0n) is 12.7. The molecule has 1 aromatic carbocycles. The lowest BCUT2D eigenvalue weighted by molar-refractivity contribution is -0.120. The topological polar surface area (TPSA) is 101 Å². The fourth-order valence-electron chi connectivity index (χ4n) is 2.43. The van der Waals surface area contributed by atoms with Crippen molar-refractivity contribution in [3.63, 3.8) is 0 Å². The van der Waals surface area contributed by atoms with Crippen LogP contribution < -0.4 is 15.8 Å². The van der Waals surface area contributed by atoms with Crippen LogP contribution in [0.25, 0.3) is 0 Å². The summed E-state index contributed by atoms with van der Waals surface area (Å²) in [6.45, 7) is 5.22. The first-order valence-corrected chi connectivity index (χ1v) is 8.49. The average Bonchev–Trinajstić information content (AvgIpc) is 2.43. The molecule has 2 rings (SSSR count). The SMILES string of the molecule is Cc1cc(S(N)(=O)=O)cc(NC(=O)C2CCCNC2)c1C.Cl. The second kappa shape index (κ2) is 7.41. The Balaban J connectivity index is 0.00000242. The number of piperidine rings is 1. The van der Waals surface area contributed by atoms with E-state index in [4.69, 9.17) is 5.14 Å². The molecule has 1 heterocycles. The number of sulfonamides is 1. The molecular weight excluding hydrogens is 326 g/mol. The number of amides is 1. The fourth-order valence-corrected chi connectivity index (χ4v) is 3.05. The van der Waals surface area contributed by atoms with E-state index in [0.29, 0.717) is 12.2 Å². The van der Waals surface area contributed by atoms with E-state index in [0.717, 1.165) is 30.5 Å². The standard InChI is InChI=1S/C14H21N3O3S.ClH/c1-9-6-12(21(15,19)20)7-13(10(9)2)17-14(18)11-4-3-5-16-8-11;/h6-7,11,16H,3-5,8H2,1-2H3,(H,17,18)(H2,15,19,20);1H. The maximum atomic E-state index is 12.3. The van der Waals surface area contributed by atoms with Crippen molar-refractivity contribution in [3.05, 3.63) is 23.3 Å². The number of aryl methyl sites for hydroxylation is 1. The molecule has 22 heavy (non-hydrogen) atoms.